The summed E-state index contributed by atoms with van der Waals surface area (Å²) < 4.78 is 29.6. The lowest BCUT2D eigenvalue weighted by molar-refractivity contribution is 0.152. The van der Waals surface area contributed by atoms with Gasteiger partial charge >= 0.3 is 6.55 Å². The van der Waals surface area contributed by atoms with E-state index in [2.05, 4.69) is 4.99 Å². The van der Waals surface area contributed by atoms with E-state index >= 15 is 0 Å². The molecular weight excluding hydrogens is 238 g/mol. The molecule has 0 spiro atoms. The second kappa shape index (κ2) is 7.34. The summed E-state index contributed by atoms with van der Waals surface area (Å²) >= 11 is 0. The maximum atomic E-state index is 12.2. The average molecular weight is 262 g/mol. The number of hydrogen-bond donors (Lipinski definition) is 1. The van der Waals surface area contributed by atoms with E-state index in [1.54, 1.807) is 0 Å². The van der Waals surface area contributed by atoms with E-state index in [0.29, 0.717) is 24.3 Å². The standard InChI is InChI=1S/C11H18F2N2O.C2H6/c1-11(2,3)8(14)7-5-4-6-16-9(7)15-10(12)13;1-2/h10H,4-6,14H2,1-3H3;1-2H3/b8-7-,15-9-;. The molecule has 1 rings (SSSR count). The molecule has 0 atom stereocenters. The maximum Gasteiger partial charge on any atom is 0.334 e. The van der Waals surface area contributed by atoms with Crippen LogP contribution in [0.5, 0.6) is 0 Å². The van der Waals surface area contributed by atoms with E-state index in [1.165, 1.54) is 0 Å². The summed E-state index contributed by atoms with van der Waals surface area (Å²) in [6.45, 7) is 7.47. The first-order valence-corrected chi connectivity index (χ1v) is 6.30. The molecule has 5 heteroatoms. The number of aliphatic imine (C=N–C) groups is 1. The number of nitrogens with two attached hydrogens (primary N) is 1. The molecular formula is C13H24F2N2O. The van der Waals surface area contributed by atoms with Crippen molar-refractivity contribution < 1.29 is 13.5 Å². The molecule has 1 aliphatic heterocycles. The van der Waals surface area contributed by atoms with Gasteiger partial charge in [0.05, 0.1) is 6.61 Å². The van der Waals surface area contributed by atoms with Crippen molar-refractivity contribution in [1.82, 2.24) is 0 Å². The van der Waals surface area contributed by atoms with Gasteiger partial charge in [0.1, 0.15) is 0 Å². The molecule has 1 aliphatic rings. The van der Waals surface area contributed by atoms with Gasteiger partial charge in [-0.1, -0.05) is 34.6 Å². The van der Waals surface area contributed by atoms with Gasteiger partial charge in [-0.25, -0.2) is 0 Å². The highest BCUT2D eigenvalue weighted by Crippen LogP contribution is 2.29. The third-order valence-corrected chi connectivity index (χ3v) is 2.42. The van der Waals surface area contributed by atoms with Gasteiger partial charge in [-0.15, -0.1) is 0 Å². The maximum absolute atomic E-state index is 12.2. The van der Waals surface area contributed by atoms with Crippen LogP contribution < -0.4 is 5.73 Å². The lowest BCUT2D eigenvalue weighted by atomic mass is 9.87. The van der Waals surface area contributed by atoms with E-state index < -0.39 is 6.55 Å². The molecule has 106 valence electrons. The van der Waals surface area contributed by atoms with E-state index in [9.17, 15) is 8.78 Å². The Labute approximate surface area is 108 Å². The fourth-order valence-corrected chi connectivity index (χ4v) is 1.52. The zero-order valence-corrected chi connectivity index (χ0v) is 11.9. The zero-order chi connectivity index (χ0) is 14.3. The zero-order valence-electron chi connectivity index (χ0n) is 11.9. The van der Waals surface area contributed by atoms with Crippen LogP contribution in [0.15, 0.2) is 16.3 Å². The van der Waals surface area contributed by atoms with Gasteiger partial charge in [0, 0.05) is 16.7 Å². The predicted octanol–water partition coefficient (Wildman–Crippen LogP) is 3.70. The first-order valence-electron chi connectivity index (χ1n) is 6.30. The molecule has 0 aromatic carbocycles. The molecule has 0 aromatic heterocycles. The Morgan fingerprint density at radius 3 is 2.33 bits per heavy atom. The molecule has 1 saturated heterocycles. The lowest BCUT2D eigenvalue weighted by Gasteiger charge is -2.26. The fraction of sp³-hybridized carbons (Fsp3) is 0.769. The monoisotopic (exact) mass is 262 g/mol. The first kappa shape index (κ1) is 16.9. The van der Waals surface area contributed by atoms with Crippen molar-refractivity contribution >= 4 is 5.90 Å². The van der Waals surface area contributed by atoms with Crippen molar-refractivity contribution in [2.75, 3.05) is 6.61 Å². The highest BCUT2D eigenvalue weighted by atomic mass is 19.3. The molecule has 0 amide bonds. The Morgan fingerprint density at radius 1 is 1.33 bits per heavy atom. The van der Waals surface area contributed by atoms with Crippen LogP contribution >= 0.6 is 0 Å². The van der Waals surface area contributed by atoms with Crippen molar-refractivity contribution in [3.8, 4) is 0 Å². The smallest absolute Gasteiger partial charge is 0.334 e. The van der Waals surface area contributed by atoms with Gasteiger partial charge in [0.25, 0.3) is 0 Å². The summed E-state index contributed by atoms with van der Waals surface area (Å²) in [6, 6.07) is 0. The minimum Gasteiger partial charge on any atom is -0.478 e. The van der Waals surface area contributed by atoms with E-state index in [0.717, 1.165) is 6.42 Å². The molecule has 18 heavy (non-hydrogen) atoms. The van der Waals surface area contributed by atoms with Gasteiger partial charge in [0.2, 0.25) is 5.90 Å². The normalized spacial score (nSPS) is 21.2. The van der Waals surface area contributed by atoms with Gasteiger partial charge in [0.15, 0.2) is 0 Å². The van der Waals surface area contributed by atoms with Crippen LogP contribution in [0.25, 0.3) is 0 Å². The Kier molecular flexibility index (Phi) is 6.88. The average Bonchev–Trinajstić information content (AvgIpc) is 2.29. The highest BCUT2D eigenvalue weighted by Gasteiger charge is 2.25. The van der Waals surface area contributed by atoms with Crippen molar-refractivity contribution in [1.29, 1.82) is 0 Å². The van der Waals surface area contributed by atoms with Crippen LogP contribution in [0.4, 0.5) is 8.78 Å². The van der Waals surface area contributed by atoms with Crippen molar-refractivity contribution in [3.05, 3.63) is 11.3 Å². The SMILES string of the molecule is CC.CC(C)(C)/C(N)=C1\CCCO\C1=N/C(F)F. The van der Waals surface area contributed by atoms with Gasteiger partial charge in [-0.2, -0.15) is 13.8 Å². The predicted molar refractivity (Wildman–Crippen MR) is 70.6 cm³/mol. The summed E-state index contributed by atoms with van der Waals surface area (Å²) in [4.78, 5) is 3.18. The number of ether oxygens (including phenoxy) is 1. The number of allylic oxidation sites excluding steroid dienone is 1. The fourth-order valence-electron chi connectivity index (χ4n) is 1.52. The van der Waals surface area contributed by atoms with Gasteiger partial charge in [-0.3, -0.25) is 0 Å². The van der Waals surface area contributed by atoms with Crippen LogP contribution in [0, 0.1) is 5.41 Å². The summed E-state index contributed by atoms with van der Waals surface area (Å²) in [7, 11) is 0. The second-order valence-corrected chi connectivity index (χ2v) is 4.81. The Balaban J connectivity index is 0.00000137. The molecule has 1 heterocycles. The topological polar surface area (TPSA) is 47.6 Å². The Hall–Kier alpha value is -1.13. The van der Waals surface area contributed by atoms with Crippen molar-refractivity contribution in [2.24, 2.45) is 16.1 Å². The molecule has 0 radical (unpaired) electrons. The summed E-state index contributed by atoms with van der Waals surface area (Å²) in [6.07, 6.45) is 1.43. The van der Waals surface area contributed by atoms with Crippen LogP contribution in [-0.4, -0.2) is 19.1 Å². The van der Waals surface area contributed by atoms with E-state index in [4.69, 9.17) is 10.5 Å². The quantitative estimate of drug-likeness (QED) is 0.732. The number of rotatable bonds is 1. The molecule has 0 aromatic rings. The minimum atomic E-state index is -2.75. The van der Waals surface area contributed by atoms with Crippen LogP contribution in [0.1, 0.15) is 47.5 Å². The summed E-state index contributed by atoms with van der Waals surface area (Å²) in [5.74, 6) is 0.00803. The molecule has 2 N–H and O–H groups in total. The summed E-state index contributed by atoms with van der Waals surface area (Å²) in [5.41, 5.74) is 6.90. The minimum absolute atomic E-state index is 0.00803. The van der Waals surface area contributed by atoms with E-state index in [-0.39, 0.29) is 11.3 Å². The molecule has 3 nitrogen and oxygen atoms in total. The molecule has 0 bridgehead atoms. The molecule has 0 unspecified atom stereocenters. The number of alkyl halides is 2. The second-order valence-electron chi connectivity index (χ2n) is 4.81. The Morgan fingerprint density at radius 2 is 1.89 bits per heavy atom. The van der Waals surface area contributed by atoms with Crippen LogP contribution in [0.3, 0.4) is 0 Å². The van der Waals surface area contributed by atoms with Crippen molar-refractivity contribution in [2.45, 2.75) is 54.0 Å². The third-order valence-electron chi connectivity index (χ3n) is 2.42. The van der Waals surface area contributed by atoms with E-state index in [1.807, 2.05) is 34.6 Å². The Bertz CT molecular complexity index is 317. The van der Waals surface area contributed by atoms with Gasteiger partial charge < -0.3 is 10.5 Å². The van der Waals surface area contributed by atoms with Crippen LogP contribution in [-0.2, 0) is 4.74 Å². The number of hydrogen-bond acceptors (Lipinski definition) is 3. The molecule has 1 fully saturated rings. The first-order chi connectivity index (χ1) is 8.32. The molecule has 0 aliphatic carbocycles. The number of nitrogens with zero attached hydrogens (tertiary/aromatic N) is 1. The van der Waals surface area contributed by atoms with Crippen LogP contribution in [0.2, 0.25) is 0 Å². The molecule has 0 saturated carbocycles. The highest BCUT2D eigenvalue weighted by molar-refractivity contribution is 5.95. The largest absolute Gasteiger partial charge is 0.478 e. The number of halogens is 2. The van der Waals surface area contributed by atoms with Crippen molar-refractivity contribution in [3.63, 3.8) is 0 Å². The lowest BCUT2D eigenvalue weighted by Crippen LogP contribution is -2.27. The third kappa shape index (κ3) is 5.02. The van der Waals surface area contributed by atoms with Gasteiger partial charge in [-0.05, 0) is 12.8 Å². The summed E-state index contributed by atoms with van der Waals surface area (Å²) in [5, 5.41) is 0.